The van der Waals surface area contributed by atoms with E-state index in [0.717, 1.165) is 11.1 Å². The molecule has 3 aromatic carbocycles. The Kier molecular flexibility index (Phi) is 7.06. The van der Waals surface area contributed by atoms with Gasteiger partial charge in [0.2, 0.25) is 12.7 Å². The molecule has 9 nitrogen and oxygen atoms in total. The Morgan fingerprint density at radius 3 is 2.58 bits per heavy atom. The average molecular weight is 534 g/mol. The van der Waals surface area contributed by atoms with Crippen LogP contribution >= 0.6 is 0 Å². The van der Waals surface area contributed by atoms with Crippen LogP contribution < -0.4 is 24.4 Å². The molecule has 2 aliphatic rings. The quantitative estimate of drug-likeness (QED) is 0.430. The summed E-state index contributed by atoms with van der Waals surface area (Å²) >= 11 is 0. The van der Waals surface area contributed by atoms with Crippen LogP contribution in [0.1, 0.15) is 33.9 Å². The van der Waals surface area contributed by atoms with Gasteiger partial charge in [0.1, 0.15) is 0 Å². The predicted octanol–water partition coefficient (Wildman–Crippen LogP) is 3.33. The zero-order valence-corrected chi connectivity index (χ0v) is 21.4. The first-order valence-electron chi connectivity index (χ1n) is 12.2. The van der Waals surface area contributed by atoms with Crippen molar-refractivity contribution in [2.24, 2.45) is 0 Å². The fraction of sp³-hybridized carbons (Fsp3) is 0.214. The molecule has 1 atom stereocenters. The first kappa shape index (κ1) is 25.3. The summed E-state index contributed by atoms with van der Waals surface area (Å²) in [6.45, 7) is 4.30. The predicted molar refractivity (Wildman–Crippen MR) is 142 cm³/mol. The van der Waals surface area contributed by atoms with Gasteiger partial charge >= 0.3 is 0 Å². The maximum Gasteiger partial charge on any atom is 0.264 e. The highest BCUT2D eigenvalue weighted by molar-refractivity contribution is 7.92. The van der Waals surface area contributed by atoms with Gasteiger partial charge in [0.05, 0.1) is 16.6 Å². The summed E-state index contributed by atoms with van der Waals surface area (Å²) in [5.74, 6) is 0.795. The van der Waals surface area contributed by atoms with E-state index in [1.807, 2.05) is 30.3 Å². The Bertz CT molecular complexity index is 1490. The van der Waals surface area contributed by atoms with Crippen molar-refractivity contribution in [1.82, 2.24) is 10.6 Å². The Balaban J connectivity index is 1.25. The Morgan fingerprint density at radius 2 is 1.79 bits per heavy atom. The number of anilines is 1. The number of nitrogens with zero attached hydrogens (tertiary/aromatic N) is 1. The van der Waals surface area contributed by atoms with Crippen molar-refractivity contribution in [2.45, 2.75) is 23.8 Å². The molecule has 3 aromatic rings. The first-order chi connectivity index (χ1) is 18.4. The van der Waals surface area contributed by atoms with Gasteiger partial charge in [-0.3, -0.25) is 13.9 Å². The molecule has 196 valence electrons. The Morgan fingerprint density at radius 1 is 1.03 bits per heavy atom. The Hall–Kier alpha value is -4.31. The van der Waals surface area contributed by atoms with Crippen molar-refractivity contribution in [1.29, 1.82) is 0 Å². The molecule has 0 saturated heterocycles. The van der Waals surface area contributed by atoms with Crippen molar-refractivity contribution < 1.29 is 27.5 Å². The van der Waals surface area contributed by atoms with E-state index < -0.39 is 10.0 Å². The van der Waals surface area contributed by atoms with Crippen LogP contribution in [0.4, 0.5) is 5.69 Å². The van der Waals surface area contributed by atoms with Crippen molar-refractivity contribution in [3.8, 4) is 11.5 Å². The summed E-state index contributed by atoms with van der Waals surface area (Å²) in [6, 6.07) is 18.3. The average Bonchev–Trinajstić information content (AvgIpc) is 3.41. The van der Waals surface area contributed by atoms with Gasteiger partial charge in [-0.15, -0.1) is 0 Å². The summed E-state index contributed by atoms with van der Waals surface area (Å²) in [6.07, 6.45) is 2.22. The standard InChI is InChI=1S/C28H27N3O6S/c1-2-27(32)30-23-14-16-31(24-6-4-3-5-22(23)24)38(34,35)21-10-8-20(9-11-21)28(33)29-15-13-19-7-12-25-26(17-19)37-18-36-25/h2-12,17,23H,1,13-16,18H2,(H,29,33)(H,30,32). The highest BCUT2D eigenvalue weighted by Crippen LogP contribution is 2.37. The lowest BCUT2D eigenvalue weighted by Gasteiger charge is -2.35. The number of benzene rings is 3. The fourth-order valence-corrected chi connectivity index (χ4v) is 6.09. The molecule has 5 rings (SSSR count). The number of carbonyl (C=O) groups is 2. The lowest BCUT2D eigenvalue weighted by atomic mass is 9.98. The van der Waals surface area contributed by atoms with E-state index >= 15 is 0 Å². The van der Waals surface area contributed by atoms with E-state index in [2.05, 4.69) is 17.2 Å². The zero-order valence-electron chi connectivity index (χ0n) is 20.6. The minimum absolute atomic E-state index is 0.0813. The number of carbonyl (C=O) groups excluding carboxylic acids is 2. The third kappa shape index (κ3) is 5.08. The van der Waals surface area contributed by atoms with Gasteiger partial charge in [-0.05, 0) is 72.5 Å². The minimum atomic E-state index is -3.89. The van der Waals surface area contributed by atoms with Gasteiger partial charge in [0.25, 0.3) is 15.9 Å². The maximum atomic E-state index is 13.5. The van der Waals surface area contributed by atoms with Gasteiger partial charge in [-0.25, -0.2) is 8.42 Å². The lowest BCUT2D eigenvalue weighted by Crippen LogP contribution is -2.40. The summed E-state index contributed by atoms with van der Waals surface area (Å²) in [5.41, 5.74) is 2.60. The van der Waals surface area contributed by atoms with Crippen molar-refractivity contribution in [3.63, 3.8) is 0 Å². The Labute approximate surface area is 221 Å². The third-order valence-corrected chi connectivity index (χ3v) is 8.37. The van der Waals surface area contributed by atoms with Gasteiger partial charge < -0.3 is 20.1 Å². The topological polar surface area (TPSA) is 114 Å². The number of rotatable bonds is 8. The van der Waals surface area contributed by atoms with E-state index in [-0.39, 0.29) is 36.1 Å². The maximum absolute atomic E-state index is 13.5. The number of fused-ring (bicyclic) bond motifs is 2. The van der Waals surface area contributed by atoms with Crippen LogP contribution in [-0.4, -0.2) is 40.1 Å². The van der Waals surface area contributed by atoms with Crippen LogP contribution in [0.5, 0.6) is 11.5 Å². The largest absolute Gasteiger partial charge is 0.454 e. The lowest BCUT2D eigenvalue weighted by molar-refractivity contribution is -0.117. The highest BCUT2D eigenvalue weighted by atomic mass is 32.2. The molecule has 38 heavy (non-hydrogen) atoms. The molecule has 2 N–H and O–H groups in total. The molecule has 2 aliphatic heterocycles. The molecule has 0 saturated carbocycles. The summed E-state index contributed by atoms with van der Waals surface area (Å²) in [4.78, 5) is 24.6. The molecule has 2 heterocycles. The SMILES string of the molecule is C=CC(=O)NC1CCN(S(=O)(=O)c2ccc(C(=O)NCCc3ccc4c(c3)OCO4)cc2)c2ccccc21. The number of sulfonamides is 1. The van der Waals surface area contributed by atoms with Crippen molar-refractivity contribution in [2.75, 3.05) is 24.2 Å². The molecule has 0 aliphatic carbocycles. The normalized spacial score (nSPS) is 15.9. The summed E-state index contributed by atoms with van der Waals surface area (Å²) < 4.78 is 39.1. The first-order valence-corrected chi connectivity index (χ1v) is 13.6. The van der Waals surface area contributed by atoms with Crippen LogP contribution in [0.3, 0.4) is 0 Å². The number of hydrogen-bond acceptors (Lipinski definition) is 6. The van der Waals surface area contributed by atoms with E-state index in [1.165, 1.54) is 34.6 Å². The fourth-order valence-electron chi connectivity index (χ4n) is 4.59. The monoisotopic (exact) mass is 533 g/mol. The van der Waals surface area contributed by atoms with Crippen LogP contribution in [-0.2, 0) is 21.2 Å². The number of nitrogens with one attached hydrogen (secondary N) is 2. The molecule has 1 unspecified atom stereocenters. The molecule has 0 radical (unpaired) electrons. The number of hydrogen-bond donors (Lipinski definition) is 2. The number of ether oxygens (including phenoxy) is 2. The van der Waals surface area contributed by atoms with Crippen LogP contribution in [0.2, 0.25) is 0 Å². The summed E-state index contributed by atoms with van der Waals surface area (Å²) in [7, 11) is -3.89. The molecule has 0 spiro atoms. The molecular weight excluding hydrogens is 506 g/mol. The van der Waals surface area contributed by atoms with E-state index in [0.29, 0.717) is 42.1 Å². The second-order valence-electron chi connectivity index (χ2n) is 8.91. The van der Waals surface area contributed by atoms with E-state index in [4.69, 9.17) is 9.47 Å². The molecule has 2 amide bonds. The minimum Gasteiger partial charge on any atom is -0.454 e. The zero-order chi connectivity index (χ0) is 26.7. The van der Waals surface area contributed by atoms with Crippen LogP contribution in [0.15, 0.2) is 84.3 Å². The van der Waals surface area contributed by atoms with Crippen LogP contribution in [0, 0.1) is 0 Å². The highest BCUT2D eigenvalue weighted by Gasteiger charge is 2.33. The smallest absolute Gasteiger partial charge is 0.264 e. The van der Waals surface area contributed by atoms with Crippen molar-refractivity contribution >= 4 is 27.5 Å². The molecule has 0 bridgehead atoms. The third-order valence-electron chi connectivity index (χ3n) is 6.54. The molecule has 10 heteroatoms. The number of amides is 2. The van der Waals surface area contributed by atoms with E-state index in [1.54, 1.807) is 12.1 Å². The summed E-state index contributed by atoms with van der Waals surface area (Å²) in [5, 5.41) is 5.72. The molecular formula is C28H27N3O6S. The molecule has 0 aromatic heterocycles. The van der Waals surface area contributed by atoms with E-state index in [9.17, 15) is 18.0 Å². The van der Waals surface area contributed by atoms with Gasteiger partial charge in [-0.1, -0.05) is 30.8 Å². The van der Waals surface area contributed by atoms with Gasteiger partial charge in [0.15, 0.2) is 11.5 Å². The van der Waals surface area contributed by atoms with Gasteiger partial charge in [-0.2, -0.15) is 0 Å². The number of para-hydroxylation sites is 1. The van der Waals surface area contributed by atoms with Crippen LogP contribution in [0.25, 0.3) is 0 Å². The van der Waals surface area contributed by atoms with Gasteiger partial charge in [0, 0.05) is 18.7 Å². The second-order valence-corrected chi connectivity index (χ2v) is 10.8. The van der Waals surface area contributed by atoms with Crippen molar-refractivity contribution in [3.05, 3.63) is 96.1 Å². The second kappa shape index (κ2) is 10.6. The molecule has 0 fully saturated rings.